The molecule has 1 aliphatic rings. The Kier molecular flexibility index (Phi) is 7.16. The molecular formula is C15H20ClF3N2O. The maximum absolute atomic E-state index is 13.0. The summed E-state index contributed by atoms with van der Waals surface area (Å²) < 4.78 is 39.0. The molecule has 1 unspecified atom stereocenters. The van der Waals surface area contributed by atoms with Gasteiger partial charge in [-0.3, -0.25) is 4.79 Å². The first-order chi connectivity index (χ1) is 9.95. The SMILES string of the molecule is Cl.O=C(CNCC1CC1)NC(Cc1ccccc1)C(F)(F)F. The number of halogens is 4. The molecule has 2 rings (SSSR count). The fourth-order valence-corrected chi connectivity index (χ4v) is 2.06. The number of nitrogens with one attached hydrogen (secondary N) is 2. The van der Waals surface area contributed by atoms with Gasteiger partial charge in [0.1, 0.15) is 6.04 Å². The van der Waals surface area contributed by atoms with Crippen LogP contribution in [0, 0.1) is 5.92 Å². The Morgan fingerprint density at radius 2 is 1.86 bits per heavy atom. The fourth-order valence-electron chi connectivity index (χ4n) is 2.06. The van der Waals surface area contributed by atoms with Gasteiger partial charge in [0.05, 0.1) is 6.54 Å². The van der Waals surface area contributed by atoms with Crippen LogP contribution < -0.4 is 10.6 Å². The predicted molar refractivity (Wildman–Crippen MR) is 81.0 cm³/mol. The molecule has 3 nitrogen and oxygen atoms in total. The molecule has 1 atom stereocenters. The van der Waals surface area contributed by atoms with E-state index < -0.39 is 18.1 Å². The largest absolute Gasteiger partial charge is 0.408 e. The van der Waals surface area contributed by atoms with E-state index >= 15 is 0 Å². The fraction of sp³-hybridized carbons (Fsp3) is 0.533. The summed E-state index contributed by atoms with van der Waals surface area (Å²) in [5, 5.41) is 4.96. The lowest BCUT2D eigenvalue weighted by Crippen LogP contribution is -2.49. The molecule has 124 valence electrons. The second-order valence-corrected chi connectivity index (χ2v) is 5.43. The van der Waals surface area contributed by atoms with Crippen LogP contribution in [0.1, 0.15) is 18.4 Å². The molecule has 0 radical (unpaired) electrons. The molecule has 0 aromatic heterocycles. The average molecular weight is 337 g/mol. The van der Waals surface area contributed by atoms with Gasteiger partial charge < -0.3 is 10.6 Å². The van der Waals surface area contributed by atoms with E-state index in [9.17, 15) is 18.0 Å². The van der Waals surface area contributed by atoms with Gasteiger partial charge in [-0.1, -0.05) is 30.3 Å². The van der Waals surface area contributed by atoms with Crippen LogP contribution >= 0.6 is 12.4 Å². The third kappa shape index (κ3) is 6.66. The summed E-state index contributed by atoms with van der Waals surface area (Å²) in [7, 11) is 0. The van der Waals surface area contributed by atoms with E-state index in [1.54, 1.807) is 30.3 Å². The van der Waals surface area contributed by atoms with Gasteiger partial charge in [-0.15, -0.1) is 12.4 Å². The predicted octanol–water partition coefficient (Wildman–Crippen LogP) is 2.70. The van der Waals surface area contributed by atoms with E-state index in [1.807, 2.05) is 0 Å². The zero-order chi connectivity index (χ0) is 15.3. The number of carbonyl (C=O) groups is 1. The Labute approximate surface area is 134 Å². The topological polar surface area (TPSA) is 41.1 Å². The molecule has 1 aliphatic carbocycles. The smallest absolute Gasteiger partial charge is 0.343 e. The van der Waals surface area contributed by atoms with Crippen LogP contribution in [0.15, 0.2) is 30.3 Å². The highest BCUT2D eigenvalue weighted by atomic mass is 35.5. The zero-order valence-corrected chi connectivity index (χ0v) is 12.8. The summed E-state index contributed by atoms with van der Waals surface area (Å²) in [6.45, 7) is 0.626. The van der Waals surface area contributed by atoms with Crippen molar-refractivity contribution in [3.8, 4) is 0 Å². The van der Waals surface area contributed by atoms with Gasteiger partial charge in [0.15, 0.2) is 0 Å². The molecule has 0 bridgehead atoms. The summed E-state index contributed by atoms with van der Waals surface area (Å²) in [5.41, 5.74) is 0.547. The molecule has 0 spiro atoms. The Hall–Kier alpha value is -1.27. The van der Waals surface area contributed by atoms with Crippen LogP contribution in [0.5, 0.6) is 0 Å². The van der Waals surface area contributed by atoms with Gasteiger partial charge in [-0.25, -0.2) is 0 Å². The minimum Gasteiger partial charge on any atom is -0.343 e. The van der Waals surface area contributed by atoms with Crippen LogP contribution in [0.2, 0.25) is 0 Å². The minimum atomic E-state index is -4.46. The molecule has 1 saturated carbocycles. The molecule has 22 heavy (non-hydrogen) atoms. The third-order valence-electron chi connectivity index (χ3n) is 3.43. The van der Waals surface area contributed by atoms with Crippen molar-refractivity contribution in [2.75, 3.05) is 13.1 Å². The van der Waals surface area contributed by atoms with E-state index in [2.05, 4.69) is 10.6 Å². The molecule has 2 N–H and O–H groups in total. The lowest BCUT2D eigenvalue weighted by molar-refractivity contribution is -0.161. The molecule has 7 heteroatoms. The standard InChI is InChI=1S/C15H19F3N2O.ClH/c16-15(17,18)13(8-11-4-2-1-3-5-11)20-14(21)10-19-9-12-6-7-12;/h1-5,12-13,19H,6-10H2,(H,20,21);1H. The van der Waals surface area contributed by atoms with Gasteiger partial charge in [0.25, 0.3) is 0 Å². The van der Waals surface area contributed by atoms with Gasteiger partial charge >= 0.3 is 6.18 Å². The van der Waals surface area contributed by atoms with Crippen LogP contribution in [0.4, 0.5) is 13.2 Å². The second kappa shape index (κ2) is 8.39. The molecular weight excluding hydrogens is 317 g/mol. The molecule has 1 amide bonds. The maximum Gasteiger partial charge on any atom is 0.408 e. The molecule has 0 saturated heterocycles. The van der Waals surface area contributed by atoms with Crippen molar-refractivity contribution in [3.63, 3.8) is 0 Å². The summed E-state index contributed by atoms with van der Waals surface area (Å²) >= 11 is 0. The monoisotopic (exact) mass is 336 g/mol. The van der Waals surface area contributed by atoms with Gasteiger partial charge in [0.2, 0.25) is 5.91 Å². The average Bonchev–Trinajstić information content (AvgIpc) is 3.22. The van der Waals surface area contributed by atoms with Crippen LogP contribution in [0.25, 0.3) is 0 Å². The first-order valence-corrected chi connectivity index (χ1v) is 7.06. The first-order valence-electron chi connectivity index (χ1n) is 7.06. The lowest BCUT2D eigenvalue weighted by Gasteiger charge is -2.22. The minimum absolute atomic E-state index is 0. The number of benzene rings is 1. The summed E-state index contributed by atoms with van der Waals surface area (Å²) in [4.78, 5) is 11.6. The van der Waals surface area contributed by atoms with Crippen LogP contribution in [0.3, 0.4) is 0 Å². The number of alkyl halides is 3. The van der Waals surface area contributed by atoms with Crippen molar-refractivity contribution in [1.82, 2.24) is 10.6 Å². The second-order valence-electron chi connectivity index (χ2n) is 5.43. The van der Waals surface area contributed by atoms with E-state index in [-0.39, 0.29) is 25.4 Å². The number of amides is 1. The number of rotatable bonds is 7. The zero-order valence-electron chi connectivity index (χ0n) is 12.0. The van der Waals surface area contributed by atoms with E-state index in [0.717, 1.165) is 12.8 Å². The maximum atomic E-state index is 13.0. The quantitative estimate of drug-likeness (QED) is 0.804. The Morgan fingerprint density at radius 3 is 2.41 bits per heavy atom. The van der Waals surface area contributed by atoms with E-state index in [4.69, 9.17) is 0 Å². The number of hydrogen-bond acceptors (Lipinski definition) is 2. The Morgan fingerprint density at radius 1 is 1.23 bits per heavy atom. The summed E-state index contributed by atoms with van der Waals surface area (Å²) in [5.74, 6) is -0.0329. The van der Waals surface area contributed by atoms with E-state index in [1.165, 1.54) is 0 Å². The Balaban J connectivity index is 0.00000242. The van der Waals surface area contributed by atoms with Crippen molar-refractivity contribution in [2.24, 2.45) is 5.92 Å². The summed E-state index contributed by atoms with van der Waals surface area (Å²) in [6.07, 6.45) is -2.44. The van der Waals surface area contributed by atoms with Crippen LogP contribution in [-0.4, -0.2) is 31.2 Å². The van der Waals surface area contributed by atoms with Gasteiger partial charge in [-0.2, -0.15) is 13.2 Å². The van der Waals surface area contributed by atoms with E-state index in [0.29, 0.717) is 18.0 Å². The van der Waals surface area contributed by atoms with Crippen molar-refractivity contribution in [2.45, 2.75) is 31.5 Å². The Bertz CT molecular complexity index is 464. The number of carbonyl (C=O) groups excluding carboxylic acids is 1. The molecule has 0 aliphatic heterocycles. The molecule has 1 fully saturated rings. The highest BCUT2D eigenvalue weighted by Crippen LogP contribution is 2.27. The summed E-state index contributed by atoms with van der Waals surface area (Å²) in [6, 6.07) is 6.50. The normalized spacial score (nSPS) is 15.8. The lowest BCUT2D eigenvalue weighted by atomic mass is 10.1. The molecule has 0 heterocycles. The van der Waals surface area contributed by atoms with Crippen molar-refractivity contribution >= 4 is 18.3 Å². The van der Waals surface area contributed by atoms with Crippen molar-refractivity contribution in [1.29, 1.82) is 0 Å². The van der Waals surface area contributed by atoms with Gasteiger partial charge in [0, 0.05) is 6.42 Å². The third-order valence-corrected chi connectivity index (χ3v) is 3.43. The van der Waals surface area contributed by atoms with Crippen molar-refractivity contribution < 1.29 is 18.0 Å². The van der Waals surface area contributed by atoms with Crippen molar-refractivity contribution in [3.05, 3.63) is 35.9 Å². The van der Waals surface area contributed by atoms with Crippen LogP contribution in [-0.2, 0) is 11.2 Å². The molecule has 1 aromatic rings. The number of hydrogen-bond donors (Lipinski definition) is 2. The highest BCUT2D eigenvalue weighted by Gasteiger charge is 2.40. The highest BCUT2D eigenvalue weighted by molar-refractivity contribution is 5.85. The first kappa shape index (κ1) is 18.8. The molecule has 1 aromatic carbocycles. The van der Waals surface area contributed by atoms with Gasteiger partial charge in [-0.05, 0) is 30.9 Å².